The highest BCUT2D eigenvalue weighted by Gasteiger charge is 2.56. The van der Waals surface area contributed by atoms with Crippen molar-refractivity contribution in [2.75, 3.05) is 11.4 Å². The van der Waals surface area contributed by atoms with E-state index in [1.807, 2.05) is 6.92 Å². The van der Waals surface area contributed by atoms with Crippen LogP contribution in [0.25, 0.3) is 0 Å². The largest absolute Gasteiger partial charge is 0.332 e. The minimum absolute atomic E-state index is 0.187. The number of halogens is 2. The number of hydrogen-bond donors (Lipinski definition) is 0. The predicted molar refractivity (Wildman–Crippen MR) is 73.7 cm³/mol. The molecule has 0 saturated carbocycles. The van der Waals surface area contributed by atoms with Gasteiger partial charge in [0.05, 0.1) is 15.7 Å². The van der Waals surface area contributed by atoms with E-state index < -0.39 is 5.54 Å². The number of carbonyl (C=O) groups excluding carboxylic acids is 2. The van der Waals surface area contributed by atoms with Crippen LogP contribution in [0.2, 0.25) is 10.0 Å². The molecule has 3 rings (SSSR count). The van der Waals surface area contributed by atoms with E-state index in [9.17, 15) is 9.59 Å². The molecule has 4 nitrogen and oxygen atoms in total. The van der Waals surface area contributed by atoms with Crippen LogP contribution in [0.3, 0.4) is 0 Å². The van der Waals surface area contributed by atoms with Crippen molar-refractivity contribution in [3.8, 4) is 0 Å². The highest BCUT2D eigenvalue weighted by atomic mass is 35.5. The summed E-state index contributed by atoms with van der Waals surface area (Å²) in [6, 6.07) is 4.50. The summed E-state index contributed by atoms with van der Waals surface area (Å²) in [5.41, 5.74) is -0.233. The number of hydrogen-bond acceptors (Lipinski definition) is 2. The van der Waals surface area contributed by atoms with Gasteiger partial charge in [-0.25, -0.2) is 9.69 Å². The lowest BCUT2D eigenvalue weighted by molar-refractivity contribution is -0.123. The maximum atomic E-state index is 12.5. The summed E-state index contributed by atoms with van der Waals surface area (Å²) in [5, 5.41) is 0.730. The van der Waals surface area contributed by atoms with Crippen molar-refractivity contribution in [1.29, 1.82) is 0 Å². The lowest BCUT2D eigenvalue weighted by Crippen LogP contribution is -2.41. The summed E-state index contributed by atoms with van der Waals surface area (Å²) in [7, 11) is 0. The quantitative estimate of drug-likeness (QED) is 0.746. The van der Waals surface area contributed by atoms with Crippen LogP contribution in [-0.4, -0.2) is 28.9 Å². The number of urea groups is 1. The molecule has 0 aliphatic carbocycles. The fourth-order valence-electron chi connectivity index (χ4n) is 2.79. The van der Waals surface area contributed by atoms with Crippen LogP contribution >= 0.6 is 23.2 Å². The molecule has 0 aromatic heterocycles. The Morgan fingerprint density at radius 3 is 2.58 bits per heavy atom. The molecule has 3 amide bonds. The van der Waals surface area contributed by atoms with Gasteiger partial charge in [-0.3, -0.25) is 4.79 Å². The molecule has 1 aromatic carbocycles. The molecule has 19 heavy (non-hydrogen) atoms. The smallest absolute Gasteiger partial charge is 0.309 e. The molecular formula is C13H12Cl2N2O2. The molecule has 1 aromatic rings. The van der Waals surface area contributed by atoms with Gasteiger partial charge in [0.2, 0.25) is 0 Å². The second-order valence-electron chi connectivity index (χ2n) is 5.05. The first-order valence-corrected chi connectivity index (χ1v) is 6.82. The maximum absolute atomic E-state index is 12.5. The molecule has 0 bridgehead atoms. The molecule has 2 saturated heterocycles. The van der Waals surface area contributed by atoms with Crippen molar-refractivity contribution in [1.82, 2.24) is 4.90 Å². The average Bonchev–Trinajstić information content (AvgIpc) is 2.83. The number of rotatable bonds is 1. The van der Waals surface area contributed by atoms with Gasteiger partial charge in [-0.1, -0.05) is 23.2 Å². The van der Waals surface area contributed by atoms with Crippen molar-refractivity contribution in [3.05, 3.63) is 28.2 Å². The summed E-state index contributed by atoms with van der Waals surface area (Å²) in [4.78, 5) is 27.7. The summed E-state index contributed by atoms with van der Waals surface area (Å²) < 4.78 is 0. The first-order valence-electron chi connectivity index (χ1n) is 6.06. The summed E-state index contributed by atoms with van der Waals surface area (Å²) >= 11 is 11.8. The number of fused-ring (bicyclic) bond motifs is 1. The van der Waals surface area contributed by atoms with Crippen LogP contribution in [0, 0.1) is 0 Å². The predicted octanol–water partition coefficient (Wildman–Crippen LogP) is 3.31. The van der Waals surface area contributed by atoms with E-state index >= 15 is 0 Å². The minimum atomic E-state index is -0.705. The highest BCUT2D eigenvalue weighted by molar-refractivity contribution is 6.42. The molecule has 1 atom stereocenters. The third kappa shape index (κ3) is 1.66. The zero-order valence-electron chi connectivity index (χ0n) is 10.3. The van der Waals surface area contributed by atoms with E-state index in [1.165, 1.54) is 4.90 Å². The van der Waals surface area contributed by atoms with Gasteiger partial charge in [0.15, 0.2) is 0 Å². The lowest BCUT2D eigenvalue weighted by atomic mass is 9.99. The van der Waals surface area contributed by atoms with Crippen LogP contribution in [0.5, 0.6) is 0 Å². The van der Waals surface area contributed by atoms with Crippen molar-refractivity contribution in [2.45, 2.75) is 25.3 Å². The van der Waals surface area contributed by atoms with Crippen LogP contribution < -0.4 is 4.90 Å². The van der Waals surface area contributed by atoms with E-state index in [0.717, 1.165) is 6.42 Å². The molecule has 6 heteroatoms. The van der Waals surface area contributed by atoms with Crippen LogP contribution in [-0.2, 0) is 4.79 Å². The molecular weight excluding hydrogens is 287 g/mol. The van der Waals surface area contributed by atoms with Crippen LogP contribution in [0.15, 0.2) is 18.2 Å². The maximum Gasteiger partial charge on any atom is 0.332 e. The van der Waals surface area contributed by atoms with Gasteiger partial charge in [-0.05, 0) is 38.0 Å². The van der Waals surface area contributed by atoms with E-state index in [2.05, 4.69) is 0 Å². The van der Waals surface area contributed by atoms with Crippen molar-refractivity contribution in [2.24, 2.45) is 0 Å². The Kier molecular flexibility index (Phi) is 2.76. The molecule has 0 radical (unpaired) electrons. The van der Waals surface area contributed by atoms with Gasteiger partial charge in [0.1, 0.15) is 5.54 Å². The lowest BCUT2D eigenvalue weighted by Gasteiger charge is -2.22. The number of anilines is 1. The Labute approximate surface area is 120 Å². The molecule has 2 aliphatic rings. The van der Waals surface area contributed by atoms with Crippen molar-refractivity contribution < 1.29 is 9.59 Å². The first-order chi connectivity index (χ1) is 8.95. The van der Waals surface area contributed by atoms with Gasteiger partial charge < -0.3 is 4.90 Å². The second-order valence-corrected chi connectivity index (χ2v) is 5.86. The standard InChI is InChI=1S/C13H12Cl2N2O2/c1-13-5-2-6-16(13)12(19)17(11(13)18)8-3-4-9(14)10(15)7-8/h3-4,7H,2,5-6H2,1H3/t13-/m0/s1. The van der Waals surface area contributed by atoms with E-state index in [-0.39, 0.29) is 11.9 Å². The fraction of sp³-hybridized carbons (Fsp3) is 0.385. The SMILES string of the molecule is C[C@@]12CCCN1C(=O)N(c1ccc(Cl)c(Cl)c1)C2=O. The van der Waals surface area contributed by atoms with Gasteiger partial charge >= 0.3 is 6.03 Å². The topological polar surface area (TPSA) is 40.6 Å². The summed E-state index contributed by atoms with van der Waals surface area (Å²) in [5.74, 6) is -0.187. The number of nitrogens with zero attached hydrogens (tertiary/aromatic N) is 2. The number of carbonyl (C=O) groups is 2. The van der Waals surface area contributed by atoms with Crippen LogP contribution in [0.4, 0.5) is 10.5 Å². The fourth-order valence-corrected chi connectivity index (χ4v) is 3.08. The normalized spacial score (nSPS) is 26.3. The monoisotopic (exact) mass is 298 g/mol. The Hall–Kier alpha value is -1.26. The molecule has 2 heterocycles. The van der Waals surface area contributed by atoms with E-state index in [0.29, 0.717) is 28.7 Å². The molecule has 0 unspecified atom stereocenters. The van der Waals surface area contributed by atoms with E-state index in [4.69, 9.17) is 23.2 Å². The van der Waals surface area contributed by atoms with E-state index in [1.54, 1.807) is 23.1 Å². The van der Waals surface area contributed by atoms with Gasteiger partial charge in [-0.15, -0.1) is 0 Å². The zero-order valence-corrected chi connectivity index (χ0v) is 11.8. The first kappa shape index (κ1) is 12.8. The van der Waals surface area contributed by atoms with Crippen molar-refractivity contribution in [3.63, 3.8) is 0 Å². The number of imide groups is 1. The Bertz CT molecular complexity index is 590. The number of amides is 3. The van der Waals surface area contributed by atoms with Gasteiger partial charge in [0, 0.05) is 6.54 Å². The Morgan fingerprint density at radius 2 is 1.95 bits per heavy atom. The van der Waals surface area contributed by atoms with Gasteiger partial charge in [-0.2, -0.15) is 0 Å². The minimum Gasteiger partial charge on any atom is -0.309 e. The molecule has 0 N–H and O–H groups in total. The summed E-state index contributed by atoms with van der Waals surface area (Å²) in [6.45, 7) is 2.44. The summed E-state index contributed by atoms with van der Waals surface area (Å²) in [6.07, 6.45) is 1.57. The van der Waals surface area contributed by atoms with Crippen molar-refractivity contribution >= 4 is 40.8 Å². The zero-order chi connectivity index (χ0) is 13.8. The average molecular weight is 299 g/mol. The molecule has 2 aliphatic heterocycles. The second kappa shape index (κ2) is 4.12. The number of benzene rings is 1. The third-order valence-corrected chi connectivity index (χ3v) is 4.63. The third-order valence-electron chi connectivity index (χ3n) is 3.89. The molecule has 100 valence electrons. The highest BCUT2D eigenvalue weighted by Crippen LogP contribution is 2.40. The Balaban J connectivity index is 2.04. The molecule has 0 spiro atoms. The molecule has 2 fully saturated rings. The van der Waals surface area contributed by atoms with Crippen LogP contribution in [0.1, 0.15) is 19.8 Å². The Morgan fingerprint density at radius 1 is 1.21 bits per heavy atom. The van der Waals surface area contributed by atoms with Gasteiger partial charge in [0.25, 0.3) is 5.91 Å².